The summed E-state index contributed by atoms with van der Waals surface area (Å²) in [6.07, 6.45) is 9.86. The standard InChI is InChI=1S/C15H12N2/c1-2-7-14-12(5-1)8-9-15(17-14)13-6-3-4-10-16-11-13/h1-11,16H. The van der Waals surface area contributed by atoms with Crippen LogP contribution in [-0.4, -0.2) is 4.98 Å². The van der Waals surface area contributed by atoms with Crippen molar-refractivity contribution < 1.29 is 0 Å². The molecule has 2 heterocycles. The Labute approximate surface area is 100.0 Å². The van der Waals surface area contributed by atoms with Gasteiger partial charge in [0.15, 0.2) is 0 Å². The quantitative estimate of drug-likeness (QED) is 0.798. The smallest absolute Gasteiger partial charge is 0.0724 e. The van der Waals surface area contributed by atoms with E-state index < -0.39 is 0 Å². The summed E-state index contributed by atoms with van der Waals surface area (Å²) in [7, 11) is 0. The lowest BCUT2D eigenvalue weighted by molar-refractivity contribution is 1.20. The van der Waals surface area contributed by atoms with Crippen LogP contribution in [0.5, 0.6) is 0 Å². The number of pyridine rings is 1. The van der Waals surface area contributed by atoms with Gasteiger partial charge in [-0.2, -0.15) is 0 Å². The van der Waals surface area contributed by atoms with Crippen LogP contribution in [-0.2, 0) is 0 Å². The summed E-state index contributed by atoms with van der Waals surface area (Å²) in [5.41, 5.74) is 3.09. The normalized spacial score (nSPS) is 14.2. The van der Waals surface area contributed by atoms with Crippen molar-refractivity contribution in [3.63, 3.8) is 0 Å². The second kappa shape index (κ2) is 4.26. The number of nitrogens with zero attached hydrogens (tertiary/aromatic N) is 1. The van der Waals surface area contributed by atoms with Crippen LogP contribution in [0.4, 0.5) is 0 Å². The lowest BCUT2D eigenvalue weighted by Gasteiger charge is -2.03. The second-order valence-electron chi connectivity index (χ2n) is 3.87. The molecule has 2 heteroatoms. The van der Waals surface area contributed by atoms with Gasteiger partial charge in [0.25, 0.3) is 0 Å². The van der Waals surface area contributed by atoms with Gasteiger partial charge in [0.05, 0.1) is 11.2 Å². The van der Waals surface area contributed by atoms with Gasteiger partial charge < -0.3 is 5.32 Å². The fourth-order valence-corrected chi connectivity index (χ4v) is 1.84. The fourth-order valence-electron chi connectivity index (χ4n) is 1.84. The highest BCUT2D eigenvalue weighted by Crippen LogP contribution is 2.18. The molecular formula is C15H12N2. The van der Waals surface area contributed by atoms with Crippen molar-refractivity contribution in [3.8, 4) is 0 Å². The molecular weight excluding hydrogens is 208 g/mol. The third-order valence-electron chi connectivity index (χ3n) is 2.71. The van der Waals surface area contributed by atoms with Crippen LogP contribution in [0.2, 0.25) is 0 Å². The molecule has 1 aliphatic rings. The van der Waals surface area contributed by atoms with E-state index in [4.69, 9.17) is 0 Å². The van der Waals surface area contributed by atoms with Crippen LogP contribution in [0, 0.1) is 0 Å². The SMILES string of the molecule is C1=CNC=C(c2ccc3ccccc3n2)C=C1. The summed E-state index contributed by atoms with van der Waals surface area (Å²) in [6.45, 7) is 0. The summed E-state index contributed by atoms with van der Waals surface area (Å²) in [6, 6.07) is 12.3. The molecule has 0 saturated carbocycles. The van der Waals surface area contributed by atoms with E-state index in [9.17, 15) is 0 Å². The summed E-state index contributed by atoms with van der Waals surface area (Å²) < 4.78 is 0. The van der Waals surface area contributed by atoms with E-state index in [1.54, 1.807) is 0 Å². The van der Waals surface area contributed by atoms with Gasteiger partial charge in [0, 0.05) is 23.4 Å². The largest absolute Gasteiger partial charge is 0.367 e. The Bertz CT molecular complexity index is 636. The first kappa shape index (κ1) is 9.85. The molecule has 1 aromatic heterocycles. The number of fused-ring (bicyclic) bond motifs is 1. The molecule has 0 saturated heterocycles. The molecule has 17 heavy (non-hydrogen) atoms. The number of allylic oxidation sites excluding steroid dienone is 4. The number of hydrogen-bond acceptors (Lipinski definition) is 2. The van der Waals surface area contributed by atoms with Crippen LogP contribution >= 0.6 is 0 Å². The minimum Gasteiger partial charge on any atom is -0.367 e. The minimum absolute atomic E-state index is 0.983. The maximum Gasteiger partial charge on any atom is 0.0724 e. The van der Waals surface area contributed by atoms with Gasteiger partial charge in [0.2, 0.25) is 0 Å². The van der Waals surface area contributed by atoms with Gasteiger partial charge in [-0.15, -0.1) is 0 Å². The Morgan fingerprint density at radius 1 is 0.941 bits per heavy atom. The second-order valence-corrected chi connectivity index (χ2v) is 3.87. The van der Waals surface area contributed by atoms with E-state index in [0.29, 0.717) is 0 Å². The first-order valence-electron chi connectivity index (χ1n) is 5.59. The minimum atomic E-state index is 0.983. The molecule has 2 aromatic rings. The number of para-hydroxylation sites is 1. The molecule has 1 N–H and O–H groups in total. The van der Waals surface area contributed by atoms with E-state index in [1.165, 1.54) is 5.39 Å². The van der Waals surface area contributed by atoms with Crippen LogP contribution in [0.1, 0.15) is 5.69 Å². The summed E-state index contributed by atoms with van der Waals surface area (Å²) in [4.78, 5) is 4.65. The third-order valence-corrected chi connectivity index (χ3v) is 2.71. The van der Waals surface area contributed by atoms with Gasteiger partial charge in [-0.1, -0.05) is 36.4 Å². The van der Waals surface area contributed by atoms with Crippen LogP contribution < -0.4 is 5.32 Å². The molecule has 2 nitrogen and oxygen atoms in total. The predicted octanol–water partition coefficient (Wildman–Crippen LogP) is 3.25. The van der Waals surface area contributed by atoms with Crippen LogP contribution in [0.15, 0.2) is 67.0 Å². The van der Waals surface area contributed by atoms with Crippen molar-refractivity contribution in [2.45, 2.75) is 0 Å². The van der Waals surface area contributed by atoms with Gasteiger partial charge in [0.1, 0.15) is 0 Å². The average molecular weight is 220 g/mol. The molecule has 0 amide bonds. The molecule has 0 fully saturated rings. The van der Waals surface area contributed by atoms with Crippen molar-refractivity contribution in [2.75, 3.05) is 0 Å². The zero-order valence-corrected chi connectivity index (χ0v) is 9.30. The zero-order chi connectivity index (χ0) is 11.5. The van der Waals surface area contributed by atoms with E-state index in [1.807, 2.05) is 54.9 Å². The van der Waals surface area contributed by atoms with Gasteiger partial charge in [-0.05, 0) is 18.2 Å². The van der Waals surface area contributed by atoms with E-state index >= 15 is 0 Å². The van der Waals surface area contributed by atoms with Crippen molar-refractivity contribution in [2.24, 2.45) is 0 Å². The van der Waals surface area contributed by atoms with Crippen molar-refractivity contribution in [3.05, 3.63) is 72.7 Å². The fraction of sp³-hybridized carbons (Fsp3) is 0. The number of rotatable bonds is 1. The number of hydrogen-bond donors (Lipinski definition) is 1. The zero-order valence-electron chi connectivity index (χ0n) is 9.30. The topological polar surface area (TPSA) is 24.9 Å². The van der Waals surface area contributed by atoms with E-state index in [0.717, 1.165) is 16.8 Å². The number of aromatic nitrogens is 1. The first-order valence-corrected chi connectivity index (χ1v) is 5.59. The molecule has 1 aliphatic heterocycles. The highest BCUT2D eigenvalue weighted by molar-refractivity contribution is 5.82. The molecule has 3 rings (SSSR count). The van der Waals surface area contributed by atoms with Crippen molar-refractivity contribution in [1.82, 2.24) is 10.3 Å². The maximum atomic E-state index is 4.65. The number of nitrogens with one attached hydrogen (secondary N) is 1. The van der Waals surface area contributed by atoms with Crippen molar-refractivity contribution >= 4 is 16.5 Å². The summed E-state index contributed by atoms with van der Waals surface area (Å²) in [5.74, 6) is 0. The Morgan fingerprint density at radius 2 is 1.88 bits per heavy atom. The first-order chi connectivity index (χ1) is 8.43. The summed E-state index contributed by atoms with van der Waals surface area (Å²) in [5, 5.41) is 4.27. The maximum absolute atomic E-state index is 4.65. The molecule has 0 aliphatic carbocycles. The molecule has 0 spiro atoms. The molecule has 0 bridgehead atoms. The Kier molecular flexibility index (Phi) is 2.47. The molecule has 0 radical (unpaired) electrons. The Morgan fingerprint density at radius 3 is 2.88 bits per heavy atom. The van der Waals surface area contributed by atoms with E-state index in [-0.39, 0.29) is 0 Å². The third kappa shape index (κ3) is 1.97. The monoisotopic (exact) mass is 220 g/mol. The highest BCUT2D eigenvalue weighted by Gasteiger charge is 2.02. The van der Waals surface area contributed by atoms with Gasteiger partial charge >= 0.3 is 0 Å². The Hall–Kier alpha value is -2.35. The van der Waals surface area contributed by atoms with Crippen LogP contribution in [0.3, 0.4) is 0 Å². The Balaban J connectivity index is 2.09. The predicted molar refractivity (Wildman–Crippen MR) is 71.1 cm³/mol. The van der Waals surface area contributed by atoms with Crippen molar-refractivity contribution in [1.29, 1.82) is 0 Å². The van der Waals surface area contributed by atoms with Crippen LogP contribution in [0.25, 0.3) is 16.5 Å². The average Bonchev–Trinajstić information content (AvgIpc) is 2.67. The highest BCUT2D eigenvalue weighted by atomic mass is 14.8. The lowest BCUT2D eigenvalue weighted by Crippen LogP contribution is -1.94. The lowest BCUT2D eigenvalue weighted by atomic mass is 10.1. The molecule has 1 aromatic carbocycles. The molecule has 0 unspecified atom stereocenters. The number of benzene rings is 1. The molecule has 0 atom stereocenters. The summed E-state index contributed by atoms with van der Waals surface area (Å²) >= 11 is 0. The molecule has 82 valence electrons. The van der Waals surface area contributed by atoms with Gasteiger partial charge in [-0.3, -0.25) is 0 Å². The van der Waals surface area contributed by atoms with E-state index in [2.05, 4.69) is 22.4 Å². The van der Waals surface area contributed by atoms with Gasteiger partial charge in [-0.25, -0.2) is 4.98 Å².